The second-order valence-electron chi connectivity index (χ2n) is 6.82. The lowest BCUT2D eigenvalue weighted by molar-refractivity contribution is 0.583. The molecule has 0 aliphatic heterocycles. The number of aromatic nitrogens is 6. The number of nitrogens with two attached hydrogens (primary N) is 3. The quantitative estimate of drug-likeness (QED) is 0.225. The average molecular weight is 489 g/mol. The molecule has 0 saturated heterocycles. The van der Waals surface area contributed by atoms with Crippen molar-refractivity contribution in [2.24, 2.45) is 10.9 Å². The average Bonchev–Trinajstić information content (AvgIpc) is 3.40. The van der Waals surface area contributed by atoms with E-state index in [4.69, 9.17) is 16.6 Å². The molecule has 0 atom stereocenters. The predicted molar refractivity (Wildman–Crippen MR) is 116 cm³/mol. The third-order valence-electron chi connectivity index (χ3n) is 4.77. The first-order valence-electron chi connectivity index (χ1n) is 9.13. The zero-order chi connectivity index (χ0) is 24.0. The molecule has 14 nitrogen and oxygen atoms in total. The van der Waals surface area contributed by atoms with Crippen molar-refractivity contribution in [3.63, 3.8) is 0 Å². The first-order valence-corrected chi connectivity index (χ1v) is 12.3. The number of benzene rings is 2. The summed E-state index contributed by atoms with van der Waals surface area (Å²) in [5.74, 6) is -0.721. The smallest absolute Gasteiger partial charge is 0.240 e. The number of fused-ring (bicyclic) bond motifs is 1. The Hall–Kier alpha value is -3.91. The fourth-order valence-corrected chi connectivity index (χ4v) is 6.24. The SMILES string of the molecule is N#Cc1ccc(-c2ccc(S(=O)(=O)CCN)c(S(N)(=O)=O)c2-c2nn[nH]n2)c2nc(N)[nH]c12. The Morgan fingerprint density at radius 1 is 1.09 bits per heavy atom. The summed E-state index contributed by atoms with van der Waals surface area (Å²) in [5.41, 5.74) is 12.3. The van der Waals surface area contributed by atoms with Crippen molar-refractivity contribution in [1.29, 1.82) is 5.26 Å². The monoisotopic (exact) mass is 488 g/mol. The highest BCUT2D eigenvalue weighted by atomic mass is 32.2. The van der Waals surface area contributed by atoms with E-state index in [0.717, 1.165) is 6.07 Å². The molecule has 0 unspecified atom stereocenters. The summed E-state index contributed by atoms with van der Waals surface area (Å²) in [6.45, 7) is -0.242. The zero-order valence-corrected chi connectivity index (χ0v) is 18.3. The van der Waals surface area contributed by atoms with Gasteiger partial charge in [0.2, 0.25) is 15.8 Å². The Bertz CT molecular complexity index is 1640. The van der Waals surface area contributed by atoms with Gasteiger partial charge < -0.3 is 16.5 Å². The number of sulfonamides is 1. The molecule has 33 heavy (non-hydrogen) atoms. The summed E-state index contributed by atoms with van der Waals surface area (Å²) in [6.07, 6.45) is 0. The van der Waals surface area contributed by atoms with Crippen LogP contribution in [-0.4, -0.2) is 59.7 Å². The van der Waals surface area contributed by atoms with Crippen LogP contribution in [0.5, 0.6) is 0 Å². The van der Waals surface area contributed by atoms with Gasteiger partial charge in [0, 0.05) is 12.1 Å². The summed E-state index contributed by atoms with van der Waals surface area (Å²) in [7, 11) is -8.77. The van der Waals surface area contributed by atoms with Gasteiger partial charge in [-0.05, 0) is 22.9 Å². The van der Waals surface area contributed by atoms with Gasteiger partial charge in [0.05, 0.1) is 32.8 Å². The number of hydrogen-bond acceptors (Lipinski definition) is 11. The standard InChI is InChI=1S/C17H16N10O4S2/c18-5-6-32(28,29)11-4-3-9(12(15(11)33(21,30)31)16-24-26-27-25-16)10-2-1-8(7-19)13-14(10)23-17(20)22-13/h1-4H,5-6,18H2,(H3,20,22,23)(H2,21,30,31)(H,24,25,26,27). The van der Waals surface area contributed by atoms with Gasteiger partial charge in [-0.3, -0.25) is 0 Å². The van der Waals surface area contributed by atoms with Crippen molar-refractivity contribution < 1.29 is 16.8 Å². The number of hydrogen-bond donors (Lipinski definition) is 5. The third kappa shape index (κ3) is 3.78. The minimum atomic E-state index is -4.63. The van der Waals surface area contributed by atoms with Gasteiger partial charge in [-0.25, -0.2) is 27.0 Å². The molecule has 0 amide bonds. The van der Waals surface area contributed by atoms with E-state index < -0.39 is 35.4 Å². The lowest BCUT2D eigenvalue weighted by Crippen LogP contribution is -2.22. The molecule has 4 rings (SSSR count). The van der Waals surface area contributed by atoms with E-state index in [0.29, 0.717) is 11.1 Å². The summed E-state index contributed by atoms with van der Waals surface area (Å²) in [5, 5.41) is 28.2. The number of nitriles is 1. The molecule has 0 aliphatic carbocycles. The van der Waals surface area contributed by atoms with Crippen molar-refractivity contribution in [2.45, 2.75) is 9.79 Å². The fourth-order valence-electron chi connectivity index (χ4n) is 3.49. The van der Waals surface area contributed by atoms with E-state index >= 15 is 0 Å². The molecular weight excluding hydrogens is 472 g/mol. The molecule has 0 fully saturated rings. The van der Waals surface area contributed by atoms with Crippen molar-refractivity contribution in [2.75, 3.05) is 18.0 Å². The van der Waals surface area contributed by atoms with Crippen LogP contribution >= 0.6 is 0 Å². The Morgan fingerprint density at radius 3 is 2.42 bits per heavy atom. The van der Waals surface area contributed by atoms with Crippen molar-refractivity contribution in [3.05, 3.63) is 29.8 Å². The number of primary sulfonamides is 1. The molecule has 170 valence electrons. The Kier molecular flexibility index (Phi) is 5.33. The van der Waals surface area contributed by atoms with Crippen LogP contribution in [0, 0.1) is 11.3 Å². The topological polar surface area (TPSA) is 253 Å². The van der Waals surface area contributed by atoms with Crippen LogP contribution in [0.4, 0.5) is 5.95 Å². The summed E-state index contributed by atoms with van der Waals surface area (Å²) >= 11 is 0. The number of imidazole rings is 1. The van der Waals surface area contributed by atoms with Gasteiger partial charge >= 0.3 is 0 Å². The van der Waals surface area contributed by atoms with E-state index in [1.54, 1.807) is 0 Å². The van der Waals surface area contributed by atoms with Crippen LogP contribution in [0.15, 0.2) is 34.1 Å². The molecule has 4 aromatic rings. The Morgan fingerprint density at radius 2 is 1.82 bits per heavy atom. The molecule has 0 spiro atoms. The van der Waals surface area contributed by atoms with Gasteiger partial charge in [-0.15, -0.1) is 10.2 Å². The molecule has 16 heteroatoms. The van der Waals surface area contributed by atoms with Crippen molar-refractivity contribution in [1.82, 2.24) is 30.6 Å². The highest BCUT2D eigenvalue weighted by Crippen LogP contribution is 2.41. The highest BCUT2D eigenvalue weighted by molar-refractivity contribution is 7.93. The minimum absolute atomic E-state index is 0.0175. The number of rotatable bonds is 6. The van der Waals surface area contributed by atoms with Crippen molar-refractivity contribution in [3.8, 4) is 28.6 Å². The van der Waals surface area contributed by atoms with Gasteiger partial charge in [-0.1, -0.05) is 12.1 Å². The number of tetrazole rings is 1. The maximum Gasteiger partial charge on any atom is 0.240 e. The fraction of sp³-hybridized carbons (Fsp3) is 0.118. The number of nitrogens with one attached hydrogen (secondary N) is 2. The van der Waals surface area contributed by atoms with Crippen LogP contribution in [0.25, 0.3) is 33.5 Å². The number of nitrogens with zero attached hydrogens (tertiary/aromatic N) is 5. The van der Waals surface area contributed by atoms with Gasteiger partial charge in [-0.2, -0.15) is 10.5 Å². The first-order chi connectivity index (χ1) is 15.6. The van der Waals surface area contributed by atoms with E-state index in [1.165, 1.54) is 18.2 Å². The van der Waals surface area contributed by atoms with Crippen LogP contribution < -0.4 is 16.6 Å². The largest absolute Gasteiger partial charge is 0.369 e. The number of aromatic amines is 2. The number of anilines is 1. The van der Waals surface area contributed by atoms with E-state index in [-0.39, 0.29) is 40.5 Å². The van der Waals surface area contributed by atoms with Crippen LogP contribution in [0.3, 0.4) is 0 Å². The lowest BCUT2D eigenvalue weighted by atomic mass is 9.96. The van der Waals surface area contributed by atoms with Gasteiger partial charge in [0.25, 0.3) is 0 Å². The summed E-state index contributed by atoms with van der Waals surface area (Å²) < 4.78 is 51.0. The van der Waals surface area contributed by atoms with Crippen LogP contribution in [0.2, 0.25) is 0 Å². The van der Waals surface area contributed by atoms with Gasteiger partial charge in [0.15, 0.2) is 15.8 Å². The number of sulfone groups is 1. The van der Waals surface area contributed by atoms with Crippen LogP contribution in [-0.2, 0) is 19.9 Å². The van der Waals surface area contributed by atoms with Gasteiger partial charge in [0.1, 0.15) is 11.0 Å². The summed E-state index contributed by atoms with van der Waals surface area (Å²) in [6, 6.07) is 7.49. The zero-order valence-electron chi connectivity index (χ0n) is 16.6. The Labute approximate surface area is 186 Å². The summed E-state index contributed by atoms with van der Waals surface area (Å²) in [4.78, 5) is 5.72. The second kappa shape index (κ2) is 7.90. The number of H-pyrrole nitrogens is 2. The second-order valence-corrected chi connectivity index (χ2v) is 10.4. The molecule has 0 bridgehead atoms. The van der Waals surface area contributed by atoms with Crippen molar-refractivity contribution >= 4 is 36.8 Å². The third-order valence-corrected chi connectivity index (χ3v) is 7.68. The lowest BCUT2D eigenvalue weighted by Gasteiger charge is -2.16. The molecule has 0 aliphatic rings. The maximum absolute atomic E-state index is 12.8. The number of nitrogen functional groups attached to an aromatic ring is 1. The minimum Gasteiger partial charge on any atom is -0.369 e. The molecule has 2 aromatic heterocycles. The van der Waals surface area contributed by atoms with Crippen LogP contribution in [0.1, 0.15) is 5.56 Å². The first kappa shape index (κ1) is 22.3. The molecular formula is C17H16N10O4S2. The molecule has 2 heterocycles. The molecule has 0 saturated carbocycles. The van der Waals surface area contributed by atoms with E-state index in [1.807, 2.05) is 6.07 Å². The normalized spacial score (nSPS) is 12.2. The van der Waals surface area contributed by atoms with E-state index in [9.17, 15) is 22.1 Å². The van der Waals surface area contributed by atoms with E-state index in [2.05, 4.69) is 30.6 Å². The predicted octanol–water partition coefficient (Wildman–Crippen LogP) is -0.756. The Balaban J connectivity index is 2.20. The molecule has 8 N–H and O–H groups in total. The molecule has 2 aromatic carbocycles. The highest BCUT2D eigenvalue weighted by Gasteiger charge is 2.32. The molecule has 0 radical (unpaired) electrons. The maximum atomic E-state index is 12.8.